The lowest BCUT2D eigenvalue weighted by molar-refractivity contribution is 0.203. The molecule has 1 aliphatic heterocycles. The molecule has 1 aromatic carbocycles. The summed E-state index contributed by atoms with van der Waals surface area (Å²) in [6.45, 7) is 7.79. The molecule has 1 atom stereocenters. The number of nitrogens with one attached hydrogen (secondary N) is 1. The van der Waals surface area contributed by atoms with E-state index in [1.807, 2.05) is 12.1 Å². The Kier molecular flexibility index (Phi) is 8.20. The van der Waals surface area contributed by atoms with Crippen molar-refractivity contribution >= 4 is 24.8 Å². The number of halogens is 3. The summed E-state index contributed by atoms with van der Waals surface area (Å²) in [4.78, 5) is 2.32. The van der Waals surface area contributed by atoms with Crippen molar-refractivity contribution in [1.82, 2.24) is 10.2 Å². The Morgan fingerprint density at radius 3 is 2.50 bits per heavy atom. The van der Waals surface area contributed by atoms with E-state index >= 15 is 0 Å². The number of hydrogen-bond acceptors (Lipinski definition) is 2. The Bertz CT molecular complexity index is 368. The zero-order valence-corrected chi connectivity index (χ0v) is 11.8. The molecule has 18 heavy (non-hydrogen) atoms. The highest BCUT2D eigenvalue weighted by Crippen LogP contribution is 2.22. The maximum Gasteiger partial charge on any atom is 0.123 e. The maximum absolute atomic E-state index is 13.2. The van der Waals surface area contributed by atoms with Crippen molar-refractivity contribution in [3.8, 4) is 0 Å². The molecule has 0 radical (unpaired) electrons. The van der Waals surface area contributed by atoms with Gasteiger partial charge in [0, 0.05) is 26.2 Å². The van der Waals surface area contributed by atoms with Gasteiger partial charge in [-0.25, -0.2) is 4.39 Å². The van der Waals surface area contributed by atoms with Gasteiger partial charge in [-0.3, -0.25) is 4.90 Å². The summed E-state index contributed by atoms with van der Waals surface area (Å²) in [5.74, 6) is -0.181. The third-order valence-electron chi connectivity index (χ3n) is 2.96. The van der Waals surface area contributed by atoms with Crippen LogP contribution in [0.2, 0.25) is 0 Å². The number of piperazine rings is 1. The van der Waals surface area contributed by atoms with Crippen LogP contribution in [0.25, 0.3) is 0 Å². The number of benzene rings is 1. The van der Waals surface area contributed by atoms with Crippen molar-refractivity contribution in [2.24, 2.45) is 0 Å². The van der Waals surface area contributed by atoms with Gasteiger partial charge in [-0.15, -0.1) is 31.4 Å². The second-order valence-corrected chi connectivity index (χ2v) is 4.02. The number of hydrogen-bond donors (Lipinski definition) is 1. The highest BCUT2D eigenvalue weighted by Gasteiger charge is 2.19. The molecule has 0 aliphatic carbocycles. The third kappa shape index (κ3) is 4.25. The van der Waals surface area contributed by atoms with Gasteiger partial charge in [0.2, 0.25) is 0 Å². The van der Waals surface area contributed by atoms with E-state index in [9.17, 15) is 4.39 Å². The average molecular weight is 293 g/mol. The van der Waals surface area contributed by atoms with Gasteiger partial charge in [0.25, 0.3) is 0 Å². The molecular weight excluding hydrogens is 274 g/mol. The van der Waals surface area contributed by atoms with Crippen LogP contribution in [0.15, 0.2) is 36.9 Å². The molecule has 1 fully saturated rings. The molecular formula is C13H19Cl2FN2. The summed E-state index contributed by atoms with van der Waals surface area (Å²) >= 11 is 0. The summed E-state index contributed by atoms with van der Waals surface area (Å²) in [6, 6.07) is 6.90. The van der Waals surface area contributed by atoms with Gasteiger partial charge in [-0.1, -0.05) is 18.2 Å². The van der Waals surface area contributed by atoms with Crippen molar-refractivity contribution in [2.45, 2.75) is 6.04 Å². The lowest BCUT2D eigenvalue weighted by Gasteiger charge is -2.33. The second kappa shape index (κ2) is 8.48. The largest absolute Gasteiger partial charge is 0.314 e. The fourth-order valence-electron chi connectivity index (χ4n) is 2.15. The molecule has 1 saturated heterocycles. The van der Waals surface area contributed by atoms with Crippen LogP contribution >= 0.6 is 24.8 Å². The van der Waals surface area contributed by atoms with Crippen LogP contribution in [-0.2, 0) is 0 Å². The monoisotopic (exact) mass is 292 g/mol. The number of rotatable bonds is 3. The summed E-state index contributed by atoms with van der Waals surface area (Å²) in [5.41, 5.74) is 0.983. The van der Waals surface area contributed by atoms with Crippen LogP contribution in [0.1, 0.15) is 11.6 Å². The van der Waals surface area contributed by atoms with E-state index in [-0.39, 0.29) is 36.7 Å². The van der Waals surface area contributed by atoms with Gasteiger partial charge in [-0.2, -0.15) is 0 Å². The van der Waals surface area contributed by atoms with Gasteiger partial charge >= 0.3 is 0 Å². The topological polar surface area (TPSA) is 15.3 Å². The minimum Gasteiger partial charge on any atom is -0.314 e. The minimum atomic E-state index is -0.181. The first-order valence-electron chi connectivity index (χ1n) is 5.64. The van der Waals surface area contributed by atoms with Gasteiger partial charge < -0.3 is 5.32 Å². The molecule has 1 N–H and O–H groups in total. The summed E-state index contributed by atoms with van der Waals surface area (Å²) in [7, 11) is 0. The van der Waals surface area contributed by atoms with Crippen LogP contribution in [-0.4, -0.2) is 31.1 Å². The van der Waals surface area contributed by atoms with Crippen molar-refractivity contribution in [1.29, 1.82) is 0 Å². The Labute approximate surface area is 120 Å². The van der Waals surface area contributed by atoms with Crippen LogP contribution < -0.4 is 5.32 Å². The van der Waals surface area contributed by atoms with Crippen LogP contribution in [0.4, 0.5) is 4.39 Å². The summed E-state index contributed by atoms with van der Waals surface area (Å²) < 4.78 is 13.2. The molecule has 0 aromatic heterocycles. The van der Waals surface area contributed by atoms with Gasteiger partial charge in [-0.05, 0) is 17.7 Å². The average Bonchev–Trinajstić information content (AvgIpc) is 2.31. The molecule has 0 unspecified atom stereocenters. The number of nitrogens with zero attached hydrogens (tertiary/aromatic N) is 1. The van der Waals surface area contributed by atoms with E-state index in [0.29, 0.717) is 0 Å². The zero-order valence-electron chi connectivity index (χ0n) is 10.1. The fraction of sp³-hybridized carbons (Fsp3) is 0.385. The molecule has 2 nitrogen and oxygen atoms in total. The first-order chi connectivity index (χ1) is 7.81. The second-order valence-electron chi connectivity index (χ2n) is 4.02. The normalized spacial score (nSPS) is 17.2. The smallest absolute Gasteiger partial charge is 0.123 e. The quantitative estimate of drug-likeness (QED) is 0.862. The van der Waals surface area contributed by atoms with Crippen LogP contribution in [0.3, 0.4) is 0 Å². The molecule has 0 amide bonds. The third-order valence-corrected chi connectivity index (χ3v) is 2.96. The lowest BCUT2D eigenvalue weighted by atomic mass is 10.0. The molecule has 0 spiro atoms. The predicted octanol–water partition coefficient (Wildman–Crippen LogP) is 2.80. The highest BCUT2D eigenvalue weighted by atomic mass is 35.5. The Balaban J connectivity index is 0.00000144. The molecule has 0 bridgehead atoms. The standard InChI is InChI=1S/C13H17FN2.2ClH/c1-2-13(16-8-6-15-7-9-16)11-4-3-5-12(14)10-11;;/h2-5,10,13,15H,1,6-9H2;2*1H/t13-;;/m1../s1. The molecule has 102 valence electrons. The van der Waals surface area contributed by atoms with Gasteiger partial charge in [0.05, 0.1) is 6.04 Å². The molecule has 1 aliphatic rings. The Morgan fingerprint density at radius 1 is 1.28 bits per heavy atom. The first-order valence-corrected chi connectivity index (χ1v) is 5.64. The van der Waals surface area contributed by atoms with Crippen LogP contribution in [0.5, 0.6) is 0 Å². The van der Waals surface area contributed by atoms with Gasteiger partial charge in [0.1, 0.15) is 5.82 Å². The highest BCUT2D eigenvalue weighted by molar-refractivity contribution is 5.85. The Hall–Kier alpha value is -0.610. The van der Waals surface area contributed by atoms with Crippen molar-refractivity contribution in [2.75, 3.05) is 26.2 Å². The lowest BCUT2D eigenvalue weighted by Crippen LogP contribution is -2.44. The summed E-state index contributed by atoms with van der Waals surface area (Å²) in [5, 5.41) is 3.31. The maximum atomic E-state index is 13.2. The van der Waals surface area contributed by atoms with Crippen LogP contribution in [0, 0.1) is 5.82 Å². The fourth-order valence-corrected chi connectivity index (χ4v) is 2.15. The van der Waals surface area contributed by atoms with E-state index in [1.54, 1.807) is 12.1 Å². The predicted molar refractivity (Wildman–Crippen MR) is 78.3 cm³/mol. The summed E-state index contributed by atoms with van der Waals surface area (Å²) in [6.07, 6.45) is 1.89. The van der Waals surface area contributed by atoms with Gasteiger partial charge in [0.15, 0.2) is 0 Å². The minimum absolute atomic E-state index is 0. The molecule has 1 aromatic rings. The van der Waals surface area contributed by atoms with E-state index < -0.39 is 0 Å². The molecule has 2 rings (SSSR count). The Morgan fingerprint density at radius 2 is 1.94 bits per heavy atom. The molecule has 1 heterocycles. The molecule has 0 saturated carbocycles. The van der Waals surface area contributed by atoms with Crippen molar-refractivity contribution in [3.05, 3.63) is 48.3 Å². The SMILES string of the molecule is C=C[C@H](c1cccc(F)c1)N1CCNCC1.Cl.Cl. The molecule has 5 heteroatoms. The van der Waals surface area contributed by atoms with E-state index in [1.165, 1.54) is 6.07 Å². The first kappa shape index (κ1) is 17.4. The zero-order chi connectivity index (χ0) is 11.4. The van der Waals surface area contributed by atoms with E-state index in [2.05, 4.69) is 16.8 Å². The van der Waals surface area contributed by atoms with E-state index in [0.717, 1.165) is 31.7 Å². The van der Waals surface area contributed by atoms with Crippen molar-refractivity contribution in [3.63, 3.8) is 0 Å². The van der Waals surface area contributed by atoms with E-state index in [4.69, 9.17) is 0 Å². The van der Waals surface area contributed by atoms with Crippen molar-refractivity contribution < 1.29 is 4.39 Å².